The number of aromatic nitrogens is 1. The Bertz CT molecular complexity index is 561. The van der Waals surface area contributed by atoms with Crippen LogP contribution in [-0.2, 0) is 0 Å². The fourth-order valence-electron chi connectivity index (χ4n) is 4.28. The molecule has 0 amide bonds. The molecule has 0 aliphatic carbocycles. The Morgan fingerprint density at radius 3 is 3.09 bits per heavy atom. The number of hydrogen-bond donors (Lipinski definition) is 2. The molecular weight excluding hydrogens is 274 g/mol. The van der Waals surface area contributed by atoms with E-state index in [1.807, 2.05) is 13.2 Å². The van der Waals surface area contributed by atoms with E-state index in [0.717, 1.165) is 42.8 Å². The fraction of sp³-hybridized carbons (Fsp3) is 0.647. The van der Waals surface area contributed by atoms with E-state index in [0.29, 0.717) is 5.41 Å². The van der Waals surface area contributed by atoms with E-state index in [2.05, 4.69) is 44.9 Å². The van der Waals surface area contributed by atoms with E-state index in [9.17, 15) is 0 Å². The van der Waals surface area contributed by atoms with Crippen LogP contribution in [0.3, 0.4) is 0 Å². The third-order valence-electron chi connectivity index (χ3n) is 5.61. The van der Waals surface area contributed by atoms with Gasteiger partial charge in [-0.15, -0.1) is 0 Å². The third-order valence-corrected chi connectivity index (χ3v) is 5.61. The molecule has 0 bridgehead atoms. The van der Waals surface area contributed by atoms with Gasteiger partial charge < -0.3 is 15.2 Å². The molecule has 3 rings (SSSR count). The summed E-state index contributed by atoms with van der Waals surface area (Å²) >= 11 is 0. The van der Waals surface area contributed by atoms with Crippen molar-refractivity contribution in [2.45, 2.75) is 26.2 Å². The van der Waals surface area contributed by atoms with Gasteiger partial charge in [0.2, 0.25) is 0 Å². The van der Waals surface area contributed by atoms with E-state index in [1.165, 1.54) is 25.8 Å². The molecule has 2 fully saturated rings. The zero-order chi connectivity index (χ0) is 15.6. The maximum atomic E-state index is 4.58. The zero-order valence-electron chi connectivity index (χ0n) is 13.7. The Balaban J connectivity index is 1.87. The number of piperidine rings is 2. The van der Waals surface area contributed by atoms with Crippen molar-refractivity contribution in [1.82, 2.24) is 15.2 Å². The molecule has 1 aromatic rings. The zero-order valence-corrected chi connectivity index (χ0v) is 13.7. The first kappa shape index (κ1) is 15.3. The molecule has 3 heterocycles. The second-order valence-corrected chi connectivity index (χ2v) is 6.53. The van der Waals surface area contributed by atoms with E-state index in [4.69, 9.17) is 0 Å². The Labute approximate surface area is 132 Å². The summed E-state index contributed by atoms with van der Waals surface area (Å²) in [6, 6.07) is 2.05. The summed E-state index contributed by atoms with van der Waals surface area (Å²) in [6.45, 7) is 10.4. The van der Waals surface area contributed by atoms with E-state index < -0.39 is 0 Å². The van der Waals surface area contributed by atoms with Gasteiger partial charge in [-0.2, -0.15) is 0 Å². The molecule has 5 nitrogen and oxygen atoms in total. The second-order valence-electron chi connectivity index (χ2n) is 6.53. The Kier molecular flexibility index (Phi) is 4.34. The SMILES string of the molecule is C=Nc1[nH]ccc1/C(=N\C)N1CC[C@@H]2CCNC[C@]2(CC)C1. The van der Waals surface area contributed by atoms with Crippen LogP contribution < -0.4 is 5.32 Å². The highest BCUT2D eigenvalue weighted by atomic mass is 15.2. The smallest absolute Gasteiger partial charge is 0.140 e. The Hall–Kier alpha value is -1.62. The largest absolute Gasteiger partial charge is 0.356 e. The quantitative estimate of drug-likeness (QED) is 0.665. The van der Waals surface area contributed by atoms with Gasteiger partial charge in [-0.1, -0.05) is 6.92 Å². The lowest BCUT2D eigenvalue weighted by molar-refractivity contribution is 0.0304. The lowest BCUT2D eigenvalue weighted by Crippen LogP contribution is -2.57. The highest BCUT2D eigenvalue weighted by Crippen LogP contribution is 2.42. The molecule has 2 saturated heterocycles. The van der Waals surface area contributed by atoms with Gasteiger partial charge in [-0.3, -0.25) is 4.99 Å². The summed E-state index contributed by atoms with van der Waals surface area (Å²) in [5.74, 6) is 2.70. The third kappa shape index (κ3) is 2.47. The van der Waals surface area contributed by atoms with Gasteiger partial charge in [0.05, 0.1) is 5.56 Å². The monoisotopic (exact) mass is 301 g/mol. The average molecular weight is 301 g/mol. The topological polar surface area (TPSA) is 55.8 Å². The summed E-state index contributed by atoms with van der Waals surface area (Å²) in [6.07, 6.45) is 5.70. The first-order valence-corrected chi connectivity index (χ1v) is 8.31. The summed E-state index contributed by atoms with van der Waals surface area (Å²) in [5.41, 5.74) is 1.44. The summed E-state index contributed by atoms with van der Waals surface area (Å²) in [4.78, 5) is 14.3. The lowest BCUT2D eigenvalue weighted by atomic mass is 9.66. The molecule has 120 valence electrons. The van der Waals surface area contributed by atoms with E-state index in [-0.39, 0.29) is 0 Å². The van der Waals surface area contributed by atoms with Gasteiger partial charge >= 0.3 is 0 Å². The summed E-state index contributed by atoms with van der Waals surface area (Å²) in [5, 5.41) is 3.61. The Morgan fingerprint density at radius 2 is 2.36 bits per heavy atom. The molecule has 22 heavy (non-hydrogen) atoms. The van der Waals surface area contributed by atoms with Gasteiger partial charge in [0.15, 0.2) is 0 Å². The molecule has 2 aliphatic heterocycles. The standard InChI is InChI=1S/C17H27N5/c1-4-17-11-20-8-5-13(17)7-10-22(12-17)16(19-3)14-6-9-21-15(14)18-2/h6,9,13,20-21H,2,4-5,7-8,10-12H2,1,3H3/b19-16+/t13-,17+/m0/s1. The van der Waals surface area contributed by atoms with Crippen molar-refractivity contribution < 1.29 is 0 Å². The number of aliphatic imine (C=N–C) groups is 2. The maximum absolute atomic E-state index is 4.58. The minimum Gasteiger partial charge on any atom is -0.356 e. The number of aromatic amines is 1. The predicted molar refractivity (Wildman–Crippen MR) is 92.4 cm³/mol. The first-order chi connectivity index (χ1) is 10.7. The molecule has 0 radical (unpaired) electrons. The van der Waals surface area contributed by atoms with Gasteiger partial charge in [0, 0.05) is 38.3 Å². The van der Waals surface area contributed by atoms with Crippen LogP contribution in [0.4, 0.5) is 5.82 Å². The average Bonchev–Trinajstić information content (AvgIpc) is 3.03. The molecule has 2 atom stereocenters. The Morgan fingerprint density at radius 1 is 1.50 bits per heavy atom. The van der Waals surface area contributed by atoms with Gasteiger partial charge in [-0.25, -0.2) is 4.99 Å². The van der Waals surface area contributed by atoms with Gasteiger partial charge in [0.1, 0.15) is 11.7 Å². The number of nitrogens with zero attached hydrogens (tertiary/aromatic N) is 3. The van der Waals surface area contributed by atoms with Crippen LogP contribution in [0.15, 0.2) is 22.2 Å². The molecule has 1 aromatic heterocycles. The number of hydrogen-bond acceptors (Lipinski definition) is 3. The molecule has 2 N–H and O–H groups in total. The van der Waals surface area contributed by atoms with Crippen LogP contribution in [0.5, 0.6) is 0 Å². The van der Waals surface area contributed by atoms with E-state index >= 15 is 0 Å². The van der Waals surface area contributed by atoms with E-state index in [1.54, 1.807) is 0 Å². The lowest BCUT2D eigenvalue weighted by Gasteiger charge is -2.51. The van der Waals surface area contributed by atoms with Crippen LogP contribution in [0, 0.1) is 11.3 Å². The minimum absolute atomic E-state index is 0.379. The number of fused-ring (bicyclic) bond motifs is 1. The normalized spacial score (nSPS) is 29.3. The number of likely N-dealkylation sites (tertiary alicyclic amines) is 1. The van der Waals surface area contributed by atoms with Crippen LogP contribution >= 0.6 is 0 Å². The summed E-state index contributed by atoms with van der Waals surface area (Å²) in [7, 11) is 1.87. The molecular formula is C17H27N5. The molecule has 0 unspecified atom stereocenters. The second kappa shape index (κ2) is 6.24. The minimum atomic E-state index is 0.379. The van der Waals surface area contributed by atoms with Crippen molar-refractivity contribution >= 4 is 18.4 Å². The number of amidine groups is 1. The number of nitrogens with one attached hydrogen (secondary N) is 2. The number of rotatable bonds is 3. The van der Waals surface area contributed by atoms with Crippen molar-refractivity contribution in [2.75, 3.05) is 33.2 Å². The van der Waals surface area contributed by atoms with Crippen molar-refractivity contribution in [3.63, 3.8) is 0 Å². The molecule has 0 saturated carbocycles. The summed E-state index contributed by atoms with van der Waals surface area (Å²) < 4.78 is 0. The molecule has 0 aromatic carbocycles. The first-order valence-electron chi connectivity index (χ1n) is 8.31. The van der Waals surface area contributed by atoms with Crippen LogP contribution in [0.2, 0.25) is 0 Å². The highest BCUT2D eigenvalue weighted by molar-refractivity contribution is 6.02. The predicted octanol–water partition coefficient (Wildman–Crippen LogP) is 2.43. The molecule has 0 spiro atoms. The van der Waals surface area contributed by atoms with Crippen molar-refractivity contribution in [3.8, 4) is 0 Å². The van der Waals surface area contributed by atoms with Gasteiger partial charge in [0.25, 0.3) is 0 Å². The number of H-pyrrole nitrogens is 1. The fourth-order valence-corrected chi connectivity index (χ4v) is 4.28. The van der Waals surface area contributed by atoms with Crippen molar-refractivity contribution in [2.24, 2.45) is 21.3 Å². The van der Waals surface area contributed by atoms with Crippen LogP contribution in [0.1, 0.15) is 31.7 Å². The molecule has 5 heteroatoms. The maximum Gasteiger partial charge on any atom is 0.140 e. The van der Waals surface area contributed by atoms with Crippen LogP contribution in [0.25, 0.3) is 0 Å². The van der Waals surface area contributed by atoms with Crippen molar-refractivity contribution in [1.29, 1.82) is 0 Å². The van der Waals surface area contributed by atoms with Crippen molar-refractivity contribution in [3.05, 3.63) is 17.8 Å². The van der Waals surface area contributed by atoms with Crippen LogP contribution in [-0.4, -0.2) is 55.7 Å². The van der Waals surface area contributed by atoms with Gasteiger partial charge in [-0.05, 0) is 44.5 Å². The highest BCUT2D eigenvalue weighted by Gasteiger charge is 2.44. The molecule has 2 aliphatic rings.